The van der Waals surface area contributed by atoms with Gasteiger partial charge in [-0.25, -0.2) is 19.2 Å². The summed E-state index contributed by atoms with van der Waals surface area (Å²) in [5.41, 5.74) is 2.10. The van der Waals surface area contributed by atoms with E-state index in [9.17, 15) is 24.3 Å². The van der Waals surface area contributed by atoms with Crippen LogP contribution in [-0.4, -0.2) is 54.7 Å². The third kappa shape index (κ3) is 19.2. The molecule has 304 valence electrons. The number of alkyl carbamates (subject to hydrolysis) is 2. The number of alkyl halides is 1. The molecule has 0 radical (unpaired) electrons. The van der Waals surface area contributed by atoms with Gasteiger partial charge >= 0.3 is 24.1 Å². The molecule has 0 unspecified atom stereocenters. The van der Waals surface area contributed by atoms with E-state index in [4.69, 9.17) is 18.9 Å². The summed E-state index contributed by atoms with van der Waals surface area (Å²) < 4.78 is 25.5. The quantitative estimate of drug-likeness (QED) is 0.0798. The van der Waals surface area contributed by atoms with Gasteiger partial charge in [0, 0.05) is 5.33 Å². The number of phenols is 1. The topological polar surface area (TPSA) is 159 Å². The first kappa shape index (κ1) is 48.5. The zero-order valence-corrected chi connectivity index (χ0v) is 34.0. The van der Waals surface area contributed by atoms with Crippen LogP contribution in [0.4, 0.5) is 9.59 Å². The second-order valence-electron chi connectivity index (χ2n) is 13.8. The van der Waals surface area contributed by atoms with Gasteiger partial charge < -0.3 is 39.4 Å². The average molecular weight is 840 g/mol. The van der Waals surface area contributed by atoms with Crippen molar-refractivity contribution in [1.82, 2.24) is 10.6 Å². The fraction of sp³-hybridized carbons (Fsp3) is 0.349. The molecule has 0 aliphatic rings. The maximum atomic E-state index is 12.1. The predicted molar refractivity (Wildman–Crippen MR) is 219 cm³/mol. The minimum absolute atomic E-state index is 0. The Morgan fingerprint density at radius 3 is 1.32 bits per heavy atom. The highest BCUT2D eigenvalue weighted by atomic mass is 79.9. The summed E-state index contributed by atoms with van der Waals surface area (Å²) in [5.74, 6) is -0.488. The van der Waals surface area contributed by atoms with Gasteiger partial charge in [-0.15, -0.1) is 0 Å². The molecule has 12 nitrogen and oxygen atoms in total. The van der Waals surface area contributed by atoms with E-state index < -0.39 is 47.4 Å². The molecule has 0 aromatic heterocycles. The Balaban J connectivity index is 0.000000473. The molecule has 4 aromatic rings. The number of ether oxygens (including phenoxy) is 5. The number of halogens is 1. The number of carbonyl (C=O) groups excluding carboxylic acids is 4. The summed E-state index contributed by atoms with van der Waals surface area (Å²) in [5, 5.41) is 15.2. The zero-order chi connectivity index (χ0) is 41.0. The van der Waals surface area contributed by atoms with Crippen LogP contribution < -0.4 is 15.4 Å². The molecule has 0 bridgehead atoms. The molecular formula is C43H55BrN2O10. The minimum Gasteiger partial charge on any atom is -0.508 e. The first-order chi connectivity index (χ1) is 25.9. The molecule has 0 aliphatic carbocycles. The van der Waals surface area contributed by atoms with Crippen molar-refractivity contribution in [3.05, 3.63) is 131 Å². The number of aromatic hydroxyl groups is 1. The van der Waals surface area contributed by atoms with Gasteiger partial charge in [-0.2, -0.15) is 0 Å². The molecular weight excluding hydrogens is 784 g/mol. The Hall–Kier alpha value is -5.56. The molecule has 56 heavy (non-hydrogen) atoms. The fourth-order valence-corrected chi connectivity index (χ4v) is 4.75. The SMILES string of the molecule is BrCc1ccccc1.C.COC(=O)[C@H](NC(=O)OC(C)(C)C)c1ccc(O)cc1.COC(=O)[C@H](NC(=O)OC(C)(C)C)c1ccc(OCc2ccccc2)cc1. The third-order valence-electron chi connectivity index (χ3n) is 6.88. The van der Waals surface area contributed by atoms with Crippen molar-refractivity contribution in [3.63, 3.8) is 0 Å². The van der Waals surface area contributed by atoms with E-state index in [1.54, 1.807) is 65.8 Å². The number of hydrogen-bond donors (Lipinski definition) is 3. The molecule has 2 amide bonds. The zero-order valence-electron chi connectivity index (χ0n) is 32.5. The van der Waals surface area contributed by atoms with Crippen molar-refractivity contribution < 1.29 is 48.0 Å². The number of hydrogen-bond acceptors (Lipinski definition) is 10. The Bertz CT molecular complexity index is 1760. The molecule has 4 rings (SSSR count). The molecule has 0 saturated heterocycles. The lowest BCUT2D eigenvalue weighted by molar-refractivity contribution is -0.144. The minimum atomic E-state index is -0.990. The summed E-state index contributed by atoms with van der Waals surface area (Å²) >= 11 is 3.36. The van der Waals surface area contributed by atoms with Crippen molar-refractivity contribution in [2.24, 2.45) is 0 Å². The molecule has 13 heteroatoms. The molecule has 2 atom stereocenters. The average Bonchev–Trinajstić information content (AvgIpc) is 3.15. The molecule has 0 saturated carbocycles. The van der Waals surface area contributed by atoms with Crippen molar-refractivity contribution in [3.8, 4) is 11.5 Å². The molecule has 0 heterocycles. The van der Waals surface area contributed by atoms with Crippen molar-refractivity contribution in [2.45, 2.75) is 84.2 Å². The number of nitrogens with one attached hydrogen (secondary N) is 2. The van der Waals surface area contributed by atoms with E-state index in [1.165, 1.54) is 44.0 Å². The smallest absolute Gasteiger partial charge is 0.408 e. The van der Waals surface area contributed by atoms with Crippen molar-refractivity contribution in [1.29, 1.82) is 0 Å². The van der Waals surface area contributed by atoms with Gasteiger partial charge in [0.15, 0.2) is 12.1 Å². The lowest BCUT2D eigenvalue weighted by Crippen LogP contribution is -2.38. The normalized spacial score (nSPS) is 11.5. The Morgan fingerprint density at radius 1 is 0.607 bits per heavy atom. The van der Waals surface area contributed by atoms with Gasteiger partial charge in [-0.3, -0.25) is 0 Å². The highest BCUT2D eigenvalue weighted by Crippen LogP contribution is 2.22. The van der Waals surface area contributed by atoms with Crippen LogP contribution in [-0.2, 0) is 40.5 Å². The van der Waals surface area contributed by atoms with E-state index in [-0.39, 0.29) is 13.2 Å². The first-order valence-corrected chi connectivity index (χ1v) is 18.4. The molecule has 0 fully saturated rings. The molecule has 0 aliphatic heterocycles. The van der Waals surface area contributed by atoms with Gasteiger partial charge in [-0.05, 0) is 88.1 Å². The van der Waals surface area contributed by atoms with Gasteiger partial charge in [0.2, 0.25) is 0 Å². The first-order valence-electron chi connectivity index (χ1n) is 17.2. The number of carbonyl (C=O) groups is 4. The van der Waals surface area contributed by atoms with E-state index >= 15 is 0 Å². The summed E-state index contributed by atoms with van der Waals surface area (Å²) in [7, 11) is 2.50. The summed E-state index contributed by atoms with van der Waals surface area (Å²) in [6.07, 6.45) is -1.41. The Labute approximate surface area is 339 Å². The maximum Gasteiger partial charge on any atom is 0.408 e. The highest BCUT2D eigenvalue weighted by Gasteiger charge is 2.28. The van der Waals surface area contributed by atoms with Crippen LogP contribution in [0.25, 0.3) is 0 Å². The van der Waals surface area contributed by atoms with E-state index in [1.807, 2.05) is 48.5 Å². The molecule has 0 spiro atoms. The number of benzene rings is 4. The predicted octanol–water partition coefficient (Wildman–Crippen LogP) is 9.35. The van der Waals surface area contributed by atoms with E-state index in [0.29, 0.717) is 23.5 Å². The van der Waals surface area contributed by atoms with Gasteiger partial charge in [0.25, 0.3) is 0 Å². The number of methoxy groups -OCH3 is 2. The van der Waals surface area contributed by atoms with Gasteiger partial charge in [0.05, 0.1) is 14.2 Å². The van der Waals surface area contributed by atoms with Crippen LogP contribution in [0, 0.1) is 0 Å². The Kier molecular flexibility index (Phi) is 20.8. The van der Waals surface area contributed by atoms with Crippen LogP contribution in [0.15, 0.2) is 109 Å². The van der Waals surface area contributed by atoms with E-state index in [2.05, 4.69) is 43.4 Å². The highest BCUT2D eigenvalue weighted by molar-refractivity contribution is 9.08. The van der Waals surface area contributed by atoms with Gasteiger partial charge in [-0.1, -0.05) is 108 Å². The maximum absolute atomic E-state index is 12.1. The Morgan fingerprint density at radius 2 is 0.982 bits per heavy atom. The molecule has 3 N–H and O–H groups in total. The van der Waals surface area contributed by atoms with Crippen LogP contribution in [0.2, 0.25) is 0 Å². The van der Waals surface area contributed by atoms with Gasteiger partial charge in [0.1, 0.15) is 29.3 Å². The van der Waals surface area contributed by atoms with Crippen LogP contribution in [0.1, 0.15) is 83.3 Å². The van der Waals surface area contributed by atoms with Crippen LogP contribution >= 0.6 is 15.9 Å². The monoisotopic (exact) mass is 838 g/mol. The largest absolute Gasteiger partial charge is 0.508 e. The van der Waals surface area contributed by atoms with Crippen LogP contribution in [0.3, 0.4) is 0 Å². The fourth-order valence-electron chi connectivity index (χ4n) is 4.37. The van der Waals surface area contributed by atoms with Crippen molar-refractivity contribution in [2.75, 3.05) is 14.2 Å². The third-order valence-corrected chi connectivity index (χ3v) is 7.53. The second-order valence-corrected chi connectivity index (χ2v) is 14.3. The lowest BCUT2D eigenvalue weighted by atomic mass is 10.1. The number of esters is 2. The summed E-state index contributed by atoms with van der Waals surface area (Å²) in [4.78, 5) is 47.6. The lowest BCUT2D eigenvalue weighted by Gasteiger charge is -2.23. The summed E-state index contributed by atoms with van der Waals surface area (Å²) in [6, 6.07) is 30.9. The number of amides is 2. The molecule has 4 aromatic carbocycles. The second kappa shape index (κ2) is 24.1. The number of rotatable bonds is 10. The summed E-state index contributed by atoms with van der Waals surface area (Å²) in [6.45, 7) is 10.9. The van der Waals surface area contributed by atoms with Crippen molar-refractivity contribution >= 4 is 40.1 Å². The van der Waals surface area contributed by atoms with E-state index in [0.717, 1.165) is 10.9 Å². The van der Waals surface area contributed by atoms with Crippen LogP contribution in [0.5, 0.6) is 11.5 Å². The standard InChI is InChI=1S/C21H25NO5.C14H19NO5.C7H7Br.CH4/c1-21(2,3)27-20(24)22-18(19(23)25-4)16-10-12-17(13-11-16)26-14-15-8-6-5-7-9-15;1-14(2,3)20-13(18)15-11(12(17)19-4)9-5-7-10(16)8-6-9;8-6-7-4-2-1-3-5-7;/h5-13,18H,14H2,1-4H3,(H,22,24);5-8,11,16H,1-4H3,(H,15,18);1-5H,6H2;1H4/t18-;11-;;/m11../s1. The number of phenolic OH excluding ortho intramolecular Hbond substituents is 1.